The molecule has 0 bridgehead atoms. The second kappa shape index (κ2) is 8.67. The van der Waals surface area contributed by atoms with Crippen molar-refractivity contribution in [1.29, 1.82) is 0 Å². The third-order valence-electron chi connectivity index (χ3n) is 3.83. The number of nitrogens with one attached hydrogen (secondary N) is 2. The fourth-order valence-electron chi connectivity index (χ4n) is 2.59. The van der Waals surface area contributed by atoms with Crippen LogP contribution in [0.2, 0.25) is 0 Å². The van der Waals surface area contributed by atoms with Crippen molar-refractivity contribution in [3.05, 3.63) is 72.3 Å². The Balaban J connectivity index is 1.52. The van der Waals surface area contributed by atoms with E-state index in [0.29, 0.717) is 6.61 Å². The van der Waals surface area contributed by atoms with Gasteiger partial charge in [0.2, 0.25) is 0 Å². The van der Waals surface area contributed by atoms with Crippen LogP contribution < -0.4 is 15.5 Å². The van der Waals surface area contributed by atoms with Crippen LogP contribution in [0.1, 0.15) is 12.5 Å². The first-order valence-electron chi connectivity index (χ1n) is 8.52. The summed E-state index contributed by atoms with van der Waals surface area (Å²) in [5.41, 5.74) is 4.35. The number of hydrogen-bond donors (Lipinski definition) is 2. The van der Waals surface area contributed by atoms with Crippen LogP contribution in [0.4, 0.5) is 5.69 Å². The lowest BCUT2D eigenvalue weighted by Crippen LogP contribution is -2.25. The van der Waals surface area contributed by atoms with Crippen LogP contribution in [-0.2, 0) is 4.79 Å². The van der Waals surface area contributed by atoms with Crippen LogP contribution in [0.5, 0.6) is 5.75 Å². The van der Waals surface area contributed by atoms with E-state index in [-0.39, 0.29) is 12.5 Å². The van der Waals surface area contributed by atoms with Gasteiger partial charge in [-0.15, -0.1) is 0 Å². The van der Waals surface area contributed by atoms with Gasteiger partial charge in [0.05, 0.1) is 19.4 Å². The van der Waals surface area contributed by atoms with Crippen molar-refractivity contribution in [2.45, 2.75) is 6.92 Å². The molecule has 0 unspecified atom stereocenters. The summed E-state index contributed by atoms with van der Waals surface area (Å²) in [4.78, 5) is 11.9. The predicted octanol–water partition coefficient (Wildman–Crippen LogP) is 3.80. The van der Waals surface area contributed by atoms with Gasteiger partial charge < -0.3 is 10.1 Å². The molecule has 0 aliphatic rings. The van der Waals surface area contributed by atoms with Crippen LogP contribution in [0.3, 0.4) is 0 Å². The predicted molar refractivity (Wildman–Crippen MR) is 106 cm³/mol. The molecule has 0 fully saturated rings. The summed E-state index contributed by atoms with van der Waals surface area (Å²) in [6, 6.07) is 21.5. The maximum atomic E-state index is 11.9. The van der Waals surface area contributed by atoms with E-state index in [2.05, 4.69) is 15.8 Å². The Kier molecular flexibility index (Phi) is 5.83. The molecule has 0 aliphatic heterocycles. The molecule has 3 rings (SSSR count). The molecule has 0 atom stereocenters. The van der Waals surface area contributed by atoms with E-state index < -0.39 is 0 Å². The number of nitrogens with zero attached hydrogens (tertiary/aromatic N) is 1. The number of fused-ring (bicyclic) bond motifs is 1. The van der Waals surface area contributed by atoms with Gasteiger partial charge in [0.1, 0.15) is 5.75 Å². The maximum absolute atomic E-state index is 11.9. The minimum Gasteiger partial charge on any atom is -0.494 e. The van der Waals surface area contributed by atoms with Crippen LogP contribution in [0.25, 0.3) is 10.8 Å². The number of carbonyl (C=O) groups excluding carboxylic acids is 1. The van der Waals surface area contributed by atoms with E-state index in [1.54, 1.807) is 6.21 Å². The van der Waals surface area contributed by atoms with E-state index in [4.69, 9.17) is 4.74 Å². The SMILES string of the molecule is CCOc1ccc(NCC(=O)NN=Cc2cccc3ccccc23)cc1. The van der Waals surface area contributed by atoms with E-state index >= 15 is 0 Å². The van der Waals surface area contributed by atoms with Crippen molar-refractivity contribution >= 4 is 28.6 Å². The van der Waals surface area contributed by atoms with Crippen LogP contribution in [0, 0.1) is 0 Å². The number of ether oxygens (including phenoxy) is 1. The minimum atomic E-state index is -0.213. The Bertz CT molecular complexity index is 899. The second-order valence-corrected chi connectivity index (χ2v) is 5.67. The maximum Gasteiger partial charge on any atom is 0.259 e. The first kappa shape index (κ1) is 17.5. The molecule has 0 radical (unpaired) electrons. The molecule has 3 aromatic rings. The molecule has 0 heterocycles. The monoisotopic (exact) mass is 347 g/mol. The van der Waals surface area contributed by atoms with Gasteiger partial charge in [-0.3, -0.25) is 4.79 Å². The molecule has 1 amide bonds. The molecule has 5 nitrogen and oxygen atoms in total. The molecule has 132 valence electrons. The molecular weight excluding hydrogens is 326 g/mol. The summed E-state index contributed by atoms with van der Waals surface area (Å²) in [6.07, 6.45) is 1.66. The zero-order valence-corrected chi connectivity index (χ0v) is 14.6. The van der Waals surface area contributed by atoms with E-state index in [0.717, 1.165) is 27.8 Å². The summed E-state index contributed by atoms with van der Waals surface area (Å²) >= 11 is 0. The molecule has 2 N–H and O–H groups in total. The number of rotatable bonds is 7. The average Bonchev–Trinajstić information content (AvgIpc) is 2.68. The Morgan fingerprint density at radius 2 is 1.81 bits per heavy atom. The third kappa shape index (κ3) is 4.60. The standard InChI is InChI=1S/C21H21N3O2/c1-2-26-19-12-10-18(11-13-19)22-15-21(25)24-23-14-17-8-5-7-16-6-3-4-9-20(16)17/h3-14,22H,2,15H2,1H3,(H,24,25). The topological polar surface area (TPSA) is 62.7 Å². The molecule has 26 heavy (non-hydrogen) atoms. The summed E-state index contributed by atoms with van der Waals surface area (Å²) in [5, 5.41) is 9.34. The van der Waals surface area contributed by atoms with Crippen molar-refractivity contribution in [3.8, 4) is 5.75 Å². The molecular formula is C21H21N3O2. The van der Waals surface area contributed by atoms with E-state index in [1.165, 1.54) is 0 Å². The molecule has 0 saturated carbocycles. The number of hydrazone groups is 1. The van der Waals surface area contributed by atoms with Gasteiger partial charge in [-0.25, -0.2) is 5.43 Å². The van der Waals surface area contributed by atoms with Gasteiger partial charge in [0.15, 0.2) is 0 Å². The number of amides is 1. The number of benzene rings is 3. The quantitative estimate of drug-likeness (QED) is 0.505. The fourth-order valence-corrected chi connectivity index (χ4v) is 2.59. The smallest absolute Gasteiger partial charge is 0.259 e. The normalized spacial score (nSPS) is 10.8. The molecule has 0 aliphatic carbocycles. The van der Waals surface area contributed by atoms with Gasteiger partial charge >= 0.3 is 0 Å². The van der Waals surface area contributed by atoms with Crippen molar-refractivity contribution < 1.29 is 9.53 Å². The highest BCUT2D eigenvalue weighted by molar-refractivity contribution is 6.00. The second-order valence-electron chi connectivity index (χ2n) is 5.67. The number of carbonyl (C=O) groups is 1. The van der Waals surface area contributed by atoms with Gasteiger partial charge in [0.25, 0.3) is 5.91 Å². The highest BCUT2D eigenvalue weighted by Gasteiger charge is 2.01. The highest BCUT2D eigenvalue weighted by atomic mass is 16.5. The van der Waals surface area contributed by atoms with E-state index in [9.17, 15) is 4.79 Å². The Morgan fingerprint density at radius 3 is 2.62 bits per heavy atom. The largest absolute Gasteiger partial charge is 0.494 e. The third-order valence-corrected chi connectivity index (χ3v) is 3.83. The molecule has 0 aromatic heterocycles. The van der Waals surface area contributed by atoms with Gasteiger partial charge in [0, 0.05) is 11.3 Å². The number of anilines is 1. The lowest BCUT2D eigenvalue weighted by Gasteiger charge is -2.07. The van der Waals surface area contributed by atoms with Gasteiger partial charge in [-0.2, -0.15) is 5.10 Å². The van der Waals surface area contributed by atoms with Crippen LogP contribution in [-0.4, -0.2) is 25.3 Å². The molecule has 5 heteroatoms. The van der Waals surface area contributed by atoms with Gasteiger partial charge in [-0.1, -0.05) is 42.5 Å². The molecule has 3 aromatic carbocycles. The first-order valence-corrected chi connectivity index (χ1v) is 8.52. The Hall–Kier alpha value is -3.34. The summed E-state index contributed by atoms with van der Waals surface area (Å²) in [6.45, 7) is 2.71. The Labute approximate surface area is 152 Å². The average molecular weight is 347 g/mol. The van der Waals surface area contributed by atoms with Crippen LogP contribution >= 0.6 is 0 Å². The number of hydrogen-bond acceptors (Lipinski definition) is 4. The van der Waals surface area contributed by atoms with E-state index in [1.807, 2.05) is 73.7 Å². The van der Waals surface area contributed by atoms with Gasteiger partial charge in [-0.05, 0) is 42.0 Å². The lowest BCUT2D eigenvalue weighted by atomic mass is 10.1. The zero-order valence-electron chi connectivity index (χ0n) is 14.6. The molecule has 0 saturated heterocycles. The van der Waals surface area contributed by atoms with Crippen molar-refractivity contribution in [1.82, 2.24) is 5.43 Å². The summed E-state index contributed by atoms with van der Waals surface area (Å²) < 4.78 is 5.39. The summed E-state index contributed by atoms with van der Waals surface area (Å²) in [5.74, 6) is 0.595. The first-order chi connectivity index (χ1) is 12.8. The van der Waals surface area contributed by atoms with Crippen LogP contribution in [0.15, 0.2) is 71.8 Å². The summed E-state index contributed by atoms with van der Waals surface area (Å²) in [7, 11) is 0. The van der Waals surface area contributed by atoms with Crippen molar-refractivity contribution in [3.63, 3.8) is 0 Å². The van der Waals surface area contributed by atoms with Crippen molar-refractivity contribution in [2.24, 2.45) is 5.10 Å². The molecule has 0 spiro atoms. The lowest BCUT2D eigenvalue weighted by molar-refractivity contribution is -0.119. The fraction of sp³-hybridized carbons (Fsp3) is 0.143. The zero-order chi connectivity index (χ0) is 18.2. The Morgan fingerprint density at radius 1 is 1.04 bits per heavy atom. The highest BCUT2D eigenvalue weighted by Crippen LogP contribution is 2.17. The minimum absolute atomic E-state index is 0.140. The van der Waals surface area contributed by atoms with Crippen molar-refractivity contribution in [2.75, 3.05) is 18.5 Å².